The fourth-order valence-electron chi connectivity index (χ4n) is 2.62. The Kier molecular flexibility index (Phi) is 6.42. The third-order valence-corrected chi connectivity index (χ3v) is 3.67. The Morgan fingerprint density at radius 1 is 1.50 bits per heavy atom. The van der Waals surface area contributed by atoms with Crippen LogP contribution in [0.1, 0.15) is 52.4 Å². The van der Waals surface area contributed by atoms with Gasteiger partial charge in [-0.3, -0.25) is 9.59 Å². The Morgan fingerprint density at radius 3 is 2.85 bits per heavy atom. The second kappa shape index (κ2) is 7.82. The van der Waals surface area contributed by atoms with E-state index in [-0.39, 0.29) is 17.7 Å². The molecule has 1 amide bonds. The van der Waals surface area contributed by atoms with Gasteiger partial charge in [0.1, 0.15) is 11.5 Å². The molecule has 0 radical (unpaired) electrons. The highest BCUT2D eigenvalue weighted by molar-refractivity contribution is 5.90. The monoisotopic (exact) mass is 281 g/mol. The predicted molar refractivity (Wildman–Crippen MR) is 74.7 cm³/mol. The fraction of sp³-hybridized carbons (Fsp3) is 0.667. The lowest BCUT2D eigenvalue weighted by molar-refractivity contribution is -0.139. The number of Topliss-reactive ketones (excluding diaryl/α,β-unsaturated/α-hetero) is 1. The van der Waals surface area contributed by atoms with Gasteiger partial charge in [-0.1, -0.05) is 13.0 Å². The second-order valence-electron chi connectivity index (χ2n) is 5.52. The number of hydrogen-bond donors (Lipinski definition) is 1. The number of carbonyl (C=O) groups is 3. The summed E-state index contributed by atoms with van der Waals surface area (Å²) in [6.07, 6.45) is 6.87. The number of nitrogens with one attached hydrogen (secondary N) is 1. The molecule has 1 saturated carbocycles. The normalized spacial score (nSPS) is 23.3. The number of carbonyl (C=O) groups excluding carboxylic acids is 3. The number of amides is 1. The Labute approximate surface area is 119 Å². The minimum Gasteiger partial charge on any atom is -0.461 e. The third-order valence-electron chi connectivity index (χ3n) is 3.67. The van der Waals surface area contributed by atoms with E-state index in [1.54, 1.807) is 13.0 Å². The van der Waals surface area contributed by atoms with Crippen molar-refractivity contribution in [1.29, 1.82) is 0 Å². The first-order chi connectivity index (χ1) is 9.50. The van der Waals surface area contributed by atoms with E-state index >= 15 is 0 Å². The molecular weight excluding hydrogens is 258 g/mol. The number of allylic oxidation sites excluding steroid dienone is 1. The van der Waals surface area contributed by atoms with Crippen LogP contribution in [0.5, 0.6) is 0 Å². The van der Waals surface area contributed by atoms with Crippen molar-refractivity contribution in [2.75, 3.05) is 6.61 Å². The topological polar surface area (TPSA) is 72.5 Å². The summed E-state index contributed by atoms with van der Waals surface area (Å²) in [7, 11) is 0. The van der Waals surface area contributed by atoms with Gasteiger partial charge >= 0.3 is 5.97 Å². The van der Waals surface area contributed by atoms with Crippen LogP contribution in [-0.4, -0.2) is 24.8 Å². The van der Waals surface area contributed by atoms with Gasteiger partial charge in [-0.2, -0.15) is 0 Å². The molecule has 0 bridgehead atoms. The quantitative estimate of drug-likeness (QED) is 0.440. The lowest BCUT2D eigenvalue weighted by atomic mass is 9.72. The molecule has 5 heteroatoms. The van der Waals surface area contributed by atoms with E-state index in [9.17, 15) is 14.4 Å². The smallest absolute Gasteiger partial charge is 0.354 e. The average molecular weight is 281 g/mol. The van der Waals surface area contributed by atoms with Crippen LogP contribution in [0.3, 0.4) is 0 Å². The van der Waals surface area contributed by atoms with Gasteiger partial charge < -0.3 is 10.1 Å². The molecule has 5 nitrogen and oxygen atoms in total. The maximum atomic E-state index is 11.6. The van der Waals surface area contributed by atoms with Gasteiger partial charge in [0, 0.05) is 12.8 Å². The van der Waals surface area contributed by atoms with Gasteiger partial charge in [0.2, 0.25) is 6.41 Å². The van der Waals surface area contributed by atoms with Crippen molar-refractivity contribution in [2.24, 2.45) is 5.41 Å². The largest absolute Gasteiger partial charge is 0.461 e. The molecule has 0 aromatic heterocycles. The van der Waals surface area contributed by atoms with E-state index in [1.165, 1.54) is 0 Å². The van der Waals surface area contributed by atoms with E-state index in [0.29, 0.717) is 31.5 Å². The van der Waals surface area contributed by atoms with Crippen molar-refractivity contribution in [3.63, 3.8) is 0 Å². The Hall–Kier alpha value is -1.65. The zero-order valence-electron chi connectivity index (χ0n) is 12.2. The van der Waals surface area contributed by atoms with E-state index < -0.39 is 5.97 Å². The van der Waals surface area contributed by atoms with Crippen LogP contribution in [0.25, 0.3) is 0 Å². The van der Waals surface area contributed by atoms with Crippen LogP contribution < -0.4 is 5.32 Å². The van der Waals surface area contributed by atoms with Crippen LogP contribution in [0.15, 0.2) is 11.8 Å². The summed E-state index contributed by atoms with van der Waals surface area (Å²) in [5.74, 6) is -0.205. The highest BCUT2D eigenvalue weighted by Gasteiger charge is 2.30. The molecule has 0 heterocycles. The molecule has 0 aromatic rings. The zero-order valence-corrected chi connectivity index (χ0v) is 12.2. The first kappa shape index (κ1) is 16.4. The van der Waals surface area contributed by atoms with Crippen molar-refractivity contribution in [1.82, 2.24) is 5.32 Å². The van der Waals surface area contributed by atoms with Crippen molar-refractivity contribution in [3.05, 3.63) is 11.8 Å². The van der Waals surface area contributed by atoms with Crippen LogP contribution in [0.2, 0.25) is 0 Å². The van der Waals surface area contributed by atoms with E-state index in [4.69, 9.17) is 4.74 Å². The van der Waals surface area contributed by atoms with Gasteiger partial charge in [-0.25, -0.2) is 4.79 Å². The summed E-state index contributed by atoms with van der Waals surface area (Å²) in [5.41, 5.74) is 0.180. The van der Waals surface area contributed by atoms with E-state index in [0.717, 1.165) is 19.3 Å². The van der Waals surface area contributed by atoms with Crippen LogP contribution >= 0.6 is 0 Å². The molecule has 0 aliphatic heterocycles. The molecule has 1 rings (SSSR count). The van der Waals surface area contributed by atoms with Gasteiger partial charge in [-0.15, -0.1) is 0 Å². The highest BCUT2D eigenvalue weighted by atomic mass is 16.5. The van der Waals surface area contributed by atoms with Gasteiger partial charge in [0.15, 0.2) is 0 Å². The average Bonchev–Trinajstić information content (AvgIpc) is 2.37. The lowest BCUT2D eigenvalue weighted by Gasteiger charge is -2.32. The maximum Gasteiger partial charge on any atom is 0.354 e. The lowest BCUT2D eigenvalue weighted by Crippen LogP contribution is -2.26. The molecule has 112 valence electrons. The minimum absolute atomic E-state index is 0.00673. The fourth-order valence-corrected chi connectivity index (χ4v) is 2.62. The Balaban J connectivity index is 2.56. The Morgan fingerprint density at radius 2 is 2.25 bits per heavy atom. The molecule has 1 aliphatic carbocycles. The maximum absolute atomic E-state index is 11.6. The molecular formula is C15H23NO4. The van der Waals surface area contributed by atoms with E-state index in [2.05, 4.69) is 12.2 Å². The summed E-state index contributed by atoms with van der Waals surface area (Å²) < 4.78 is 4.86. The van der Waals surface area contributed by atoms with Crippen LogP contribution in [0.4, 0.5) is 0 Å². The van der Waals surface area contributed by atoms with E-state index in [1.807, 2.05) is 0 Å². The third kappa shape index (κ3) is 5.15. The zero-order chi connectivity index (χ0) is 15.0. The summed E-state index contributed by atoms with van der Waals surface area (Å²) >= 11 is 0. The van der Waals surface area contributed by atoms with Crippen molar-refractivity contribution >= 4 is 18.2 Å². The molecule has 1 atom stereocenters. The molecule has 0 aromatic carbocycles. The predicted octanol–water partition coefficient (Wildman–Crippen LogP) is 2.11. The number of hydrogen-bond acceptors (Lipinski definition) is 4. The molecule has 1 unspecified atom stereocenters. The first-order valence-electron chi connectivity index (χ1n) is 7.10. The number of ether oxygens (including phenoxy) is 1. The Bertz CT molecular complexity index is 403. The molecule has 0 saturated heterocycles. The van der Waals surface area contributed by atoms with Crippen LogP contribution in [0, 0.1) is 5.41 Å². The van der Waals surface area contributed by atoms with Gasteiger partial charge in [0.05, 0.1) is 6.61 Å². The summed E-state index contributed by atoms with van der Waals surface area (Å²) in [5, 5.41) is 2.37. The molecule has 20 heavy (non-hydrogen) atoms. The standard InChI is InChI=1S/C15H23NO4/c1-3-20-14(19)13(16-11-17)7-5-9-15(2)8-4-6-12(18)10-15/h7,11H,3-6,8-10H2,1-2H3,(H,16,17)/b13-7-. The minimum atomic E-state index is -0.524. The molecule has 0 spiro atoms. The van der Waals surface area contributed by atoms with Gasteiger partial charge in [0.25, 0.3) is 0 Å². The molecule has 1 aliphatic rings. The summed E-state index contributed by atoms with van der Waals surface area (Å²) in [6.45, 7) is 4.09. The van der Waals surface area contributed by atoms with Crippen molar-refractivity contribution in [3.8, 4) is 0 Å². The summed E-state index contributed by atoms with van der Waals surface area (Å²) in [6, 6.07) is 0. The number of rotatable bonds is 7. The van der Waals surface area contributed by atoms with Crippen LogP contribution in [-0.2, 0) is 19.1 Å². The van der Waals surface area contributed by atoms with Gasteiger partial charge in [-0.05, 0) is 38.0 Å². The number of ketones is 1. The number of esters is 1. The van der Waals surface area contributed by atoms with Crippen molar-refractivity contribution in [2.45, 2.75) is 52.4 Å². The second-order valence-corrected chi connectivity index (χ2v) is 5.52. The van der Waals surface area contributed by atoms with Crippen molar-refractivity contribution < 1.29 is 19.1 Å². The molecule has 1 N–H and O–H groups in total. The summed E-state index contributed by atoms with van der Waals surface area (Å²) in [4.78, 5) is 33.6. The first-order valence-corrected chi connectivity index (χ1v) is 7.10. The molecule has 1 fully saturated rings. The SMILES string of the molecule is CCOC(=O)/C(=C/CCC1(C)CCCC(=O)C1)NC=O. The highest BCUT2D eigenvalue weighted by Crippen LogP contribution is 2.38.